The Labute approximate surface area is 134 Å². The second kappa shape index (κ2) is 15.6. The molecule has 0 amide bonds. The second-order valence-corrected chi connectivity index (χ2v) is 6.36. The van der Waals surface area contributed by atoms with Crippen LogP contribution >= 0.6 is 0 Å². The molecule has 0 aliphatic rings. The molecule has 0 rings (SSSR count). The van der Waals surface area contributed by atoms with Crippen LogP contribution in [0.25, 0.3) is 0 Å². The summed E-state index contributed by atoms with van der Waals surface area (Å²) in [5, 5.41) is 0. The van der Waals surface area contributed by atoms with E-state index < -0.39 is 0 Å². The summed E-state index contributed by atoms with van der Waals surface area (Å²) in [5.74, 6) is 1.47. The van der Waals surface area contributed by atoms with Crippen LogP contribution in [-0.4, -0.2) is 0 Å². The average molecular weight is 291 g/mol. The van der Waals surface area contributed by atoms with E-state index in [4.69, 9.17) is 0 Å². The van der Waals surface area contributed by atoms with Crippen LogP contribution in [0.15, 0.2) is 38.0 Å². The molecule has 0 heterocycles. The molecule has 0 N–H and O–H groups in total. The van der Waals surface area contributed by atoms with Crippen molar-refractivity contribution in [2.75, 3.05) is 0 Å². The standard InChI is InChI=1S/C21H38/c1-5-9-10-11-12-13-14-15-19-21(18-8-4)20(16-6-2)17-7-3/h6-8,20-21H,2-5,9-19H2,1H3. The van der Waals surface area contributed by atoms with Gasteiger partial charge in [-0.3, -0.25) is 0 Å². The third kappa shape index (κ3) is 11.5. The van der Waals surface area contributed by atoms with E-state index in [0.717, 1.165) is 25.2 Å². The normalized spacial score (nSPS) is 12.3. The summed E-state index contributed by atoms with van der Waals surface area (Å²) in [6, 6.07) is 0. The lowest BCUT2D eigenvalue weighted by Gasteiger charge is -2.24. The third-order valence-electron chi connectivity index (χ3n) is 4.50. The van der Waals surface area contributed by atoms with Gasteiger partial charge >= 0.3 is 0 Å². The van der Waals surface area contributed by atoms with Crippen molar-refractivity contribution in [1.82, 2.24) is 0 Å². The fourth-order valence-electron chi connectivity index (χ4n) is 3.21. The molecule has 0 aliphatic carbocycles. The fraction of sp³-hybridized carbons (Fsp3) is 0.714. The first kappa shape index (κ1) is 20.2. The summed E-state index contributed by atoms with van der Waals surface area (Å²) >= 11 is 0. The van der Waals surface area contributed by atoms with E-state index in [2.05, 4.69) is 44.9 Å². The highest BCUT2D eigenvalue weighted by Crippen LogP contribution is 2.29. The van der Waals surface area contributed by atoms with Crippen LogP contribution in [0, 0.1) is 11.8 Å². The van der Waals surface area contributed by atoms with Gasteiger partial charge in [0.2, 0.25) is 0 Å². The molecule has 0 aliphatic heterocycles. The van der Waals surface area contributed by atoms with Gasteiger partial charge in [0.25, 0.3) is 0 Å². The third-order valence-corrected chi connectivity index (χ3v) is 4.50. The molecule has 21 heavy (non-hydrogen) atoms. The predicted octanol–water partition coefficient (Wildman–Crippen LogP) is 7.48. The largest absolute Gasteiger partial charge is 0.103 e. The smallest absolute Gasteiger partial charge is 0.0314 e. The van der Waals surface area contributed by atoms with Crippen molar-refractivity contribution < 1.29 is 0 Å². The van der Waals surface area contributed by atoms with E-state index in [1.165, 1.54) is 57.8 Å². The van der Waals surface area contributed by atoms with Gasteiger partial charge in [-0.05, 0) is 37.5 Å². The van der Waals surface area contributed by atoms with Crippen LogP contribution in [0.1, 0.15) is 84.0 Å². The molecule has 0 radical (unpaired) electrons. The Kier molecular flexibility index (Phi) is 15.0. The van der Waals surface area contributed by atoms with Crippen molar-refractivity contribution in [2.24, 2.45) is 11.8 Å². The van der Waals surface area contributed by atoms with Crippen molar-refractivity contribution in [3.8, 4) is 0 Å². The van der Waals surface area contributed by atoms with Gasteiger partial charge in [0, 0.05) is 0 Å². The quantitative estimate of drug-likeness (QED) is 0.204. The van der Waals surface area contributed by atoms with Gasteiger partial charge < -0.3 is 0 Å². The Morgan fingerprint density at radius 2 is 1.05 bits per heavy atom. The lowest BCUT2D eigenvalue weighted by Crippen LogP contribution is -2.13. The summed E-state index contributed by atoms with van der Waals surface area (Å²) < 4.78 is 0. The maximum atomic E-state index is 3.94. The Morgan fingerprint density at radius 3 is 1.52 bits per heavy atom. The summed E-state index contributed by atoms with van der Waals surface area (Å²) in [4.78, 5) is 0. The first-order chi connectivity index (χ1) is 10.3. The number of rotatable bonds is 16. The van der Waals surface area contributed by atoms with Gasteiger partial charge in [-0.1, -0.05) is 76.5 Å². The lowest BCUT2D eigenvalue weighted by molar-refractivity contribution is 0.308. The van der Waals surface area contributed by atoms with Crippen molar-refractivity contribution in [1.29, 1.82) is 0 Å². The predicted molar refractivity (Wildman–Crippen MR) is 98.6 cm³/mol. The molecule has 0 spiro atoms. The summed E-state index contributed by atoms with van der Waals surface area (Å²) in [5.41, 5.74) is 0. The number of hydrogen-bond donors (Lipinski definition) is 0. The molecule has 0 saturated carbocycles. The first-order valence-corrected chi connectivity index (χ1v) is 9.12. The van der Waals surface area contributed by atoms with Crippen LogP contribution in [-0.2, 0) is 0 Å². The maximum Gasteiger partial charge on any atom is -0.0314 e. The molecular weight excluding hydrogens is 252 g/mol. The van der Waals surface area contributed by atoms with Crippen LogP contribution < -0.4 is 0 Å². The van der Waals surface area contributed by atoms with Crippen LogP contribution in [0.2, 0.25) is 0 Å². The number of unbranched alkanes of at least 4 members (excludes halogenated alkanes) is 7. The highest BCUT2D eigenvalue weighted by Gasteiger charge is 2.17. The number of allylic oxidation sites excluding steroid dienone is 3. The zero-order valence-corrected chi connectivity index (χ0v) is 14.5. The number of hydrogen-bond acceptors (Lipinski definition) is 0. The van der Waals surface area contributed by atoms with Crippen LogP contribution in [0.5, 0.6) is 0 Å². The Morgan fingerprint density at radius 1 is 0.619 bits per heavy atom. The van der Waals surface area contributed by atoms with Gasteiger partial charge in [-0.25, -0.2) is 0 Å². The first-order valence-electron chi connectivity index (χ1n) is 9.12. The van der Waals surface area contributed by atoms with E-state index in [9.17, 15) is 0 Å². The van der Waals surface area contributed by atoms with Gasteiger partial charge in [-0.2, -0.15) is 0 Å². The van der Waals surface area contributed by atoms with Gasteiger partial charge in [-0.15, -0.1) is 19.7 Å². The maximum absolute atomic E-state index is 3.94. The molecular formula is C21H38. The molecule has 0 nitrogen and oxygen atoms in total. The van der Waals surface area contributed by atoms with Crippen molar-refractivity contribution in [3.05, 3.63) is 38.0 Å². The van der Waals surface area contributed by atoms with Gasteiger partial charge in [0.15, 0.2) is 0 Å². The summed E-state index contributed by atoms with van der Waals surface area (Å²) in [7, 11) is 0. The summed E-state index contributed by atoms with van der Waals surface area (Å²) in [6.45, 7) is 14.0. The zero-order valence-electron chi connectivity index (χ0n) is 14.5. The molecule has 0 bridgehead atoms. The highest BCUT2D eigenvalue weighted by molar-refractivity contribution is 4.86. The van der Waals surface area contributed by atoms with Crippen LogP contribution in [0.4, 0.5) is 0 Å². The molecule has 0 aromatic heterocycles. The minimum atomic E-state index is 0.711. The molecule has 0 fully saturated rings. The fourth-order valence-corrected chi connectivity index (χ4v) is 3.21. The molecule has 122 valence electrons. The minimum absolute atomic E-state index is 0.711. The lowest BCUT2D eigenvalue weighted by atomic mass is 9.81. The monoisotopic (exact) mass is 290 g/mol. The topological polar surface area (TPSA) is 0 Å². The Balaban J connectivity index is 3.88. The minimum Gasteiger partial charge on any atom is -0.103 e. The SMILES string of the molecule is C=CCC(CC=C)C(CC=C)CCCCCCCCCC. The van der Waals surface area contributed by atoms with Gasteiger partial charge in [0.05, 0.1) is 0 Å². The van der Waals surface area contributed by atoms with E-state index >= 15 is 0 Å². The van der Waals surface area contributed by atoms with E-state index in [-0.39, 0.29) is 0 Å². The van der Waals surface area contributed by atoms with Crippen molar-refractivity contribution in [2.45, 2.75) is 84.0 Å². The zero-order chi connectivity index (χ0) is 15.8. The van der Waals surface area contributed by atoms with E-state index in [1.807, 2.05) is 0 Å². The molecule has 1 atom stereocenters. The highest BCUT2D eigenvalue weighted by atomic mass is 14.2. The molecule has 0 heteroatoms. The average Bonchev–Trinajstić information content (AvgIpc) is 2.48. The summed E-state index contributed by atoms with van der Waals surface area (Å²) in [6.07, 6.45) is 22.2. The molecule has 0 aromatic carbocycles. The van der Waals surface area contributed by atoms with E-state index in [0.29, 0.717) is 5.92 Å². The molecule has 0 saturated heterocycles. The molecule has 0 aromatic rings. The van der Waals surface area contributed by atoms with Gasteiger partial charge in [0.1, 0.15) is 0 Å². The Hall–Kier alpha value is -0.780. The second-order valence-electron chi connectivity index (χ2n) is 6.36. The molecule has 1 unspecified atom stereocenters. The Bertz CT molecular complexity index is 241. The van der Waals surface area contributed by atoms with Crippen molar-refractivity contribution >= 4 is 0 Å². The van der Waals surface area contributed by atoms with E-state index in [1.54, 1.807) is 0 Å². The van der Waals surface area contributed by atoms with Crippen LogP contribution in [0.3, 0.4) is 0 Å². The van der Waals surface area contributed by atoms with Crippen molar-refractivity contribution in [3.63, 3.8) is 0 Å².